The predicted octanol–water partition coefficient (Wildman–Crippen LogP) is 3.97. The minimum Gasteiger partial charge on any atom is -0.444 e. The Kier molecular flexibility index (Phi) is 7.89. The summed E-state index contributed by atoms with van der Waals surface area (Å²) in [5.74, 6) is -1.39. The van der Waals surface area contributed by atoms with E-state index in [9.17, 15) is 22.8 Å². The molecule has 0 aromatic rings. The number of thioether (sulfide) groups is 1. The lowest BCUT2D eigenvalue weighted by Gasteiger charge is -2.35. The minimum atomic E-state index is -4.44. The van der Waals surface area contributed by atoms with Gasteiger partial charge in [-0.05, 0) is 45.4 Å². The van der Waals surface area contributed by atoms with E-state index in [1.165, 1.54) is 0 Å². The van der Waals surface area contributed by atoms with Crippen LogP contribution in [0.25, 0.3) is 0 Å². The molecule has 0 saturated heterocycles. The monoisotopic (exact) mass is 384 g/mol. The Morgan fingerprint density at radius 2 is 1.64 bits per heavy atom. The Hall–Kier alpha value is -1.12. The molecular weight excluding hydrogens is 357 g/mol. The number of ether oxygens (including phenoxy) is 1. The van der Waals surface area contributed by atoms with Crippen molar-refractivity contribution in [3.05, 3.63) is 0 Å². The van der Waals surface area contributed by atoms with E-state index in [1.54, 1.807) is 20.8 Å². The van der Waals surface area contributed by atoms with Crippen LogP contribution < -0.4 is 10.6 Å². The second-order valence-corrected chi connectivity index (χ2v) is 8.37. The molecule has 25 heavy (non-hydrogen) atoms. The molecule has 0 atom stereocenters. The first-order chi connectivity index (χ1) is 11.4. The maximum atomic E-state index is 12.2. The second kappa shape index (κ2) is 9.00. The Bertz CT molecular complexity index is 457. The van der Waals surface area contributed by atoms with Crippen LogP contribution in [0.3, 0.4) is 0 Å². The molecule has 1 rings (SSSR count). The van der Waals surface area contributed by atoms with Crippen LogP contribution in [0, 0.1) is 0 Å². The normalized spacial score (nSPS) is 18.2. The van der Waals surface area contributed by atoms with E-state index in [-0.39, 0.29) is 18.3 Å². The number of halogens is 3. The van der Waals surface area contributed by atoms with Crippen molar-refractivity contribution in [2.24, 2.45) is 0 Å². The Morgan fingerprint density at radius 1 is 1.08 bits per heavy atom. The number of alkyl carbamates (subject to hydrolysis) is 1. The van der Waals surface area contributed by atoms with Crippen LogP contribution in [0.15, 0.2) is 0 Å². The second-order valence-electron chi connectivity index (χ2n) is 7.33. The van der Waals surface area contributed by atoms with Crippen molar-refractivity contribution in [2.45, 2.75) is 75.9 Å². The molecule has 0 aromatic heterocycles. The highest BCUT2D eigenvalue weighted by Crippen LogP contribution is 2.30. The molecule has 0 aromatic carbocycles. The molecule has 1 aliphatic rings. The van der Waals surface area contributed by atoms with Crippen LogP contribution >= 0.6 is 11.8 Å². The zero-order valence-corrected chi connectivity index (χ0v) is 15.7. The van der Waals surface area contributed by atoms with Gasteiger partial charge in [0.15, 0.2) is 0 Å². The fraction of sp³-hybridized carbons (Fsp3) is 0.875. The number of carbonyl (C=O) groups excluding carboxylic acids is 2. The van der Waals surface area contributed by atoms with Gasteiger partial charge in [-0.1, -0.05) is 25.7 Å². The third-order valence-corrected chi connectivity index (χ3v) is 4.55. The third kappa shape index (κ3) is 9.81. The van der Waals surface area contributed by atoms with Gasteiger partial charge >= 0.3 is 11.6 Å². The van der Waals surface area contributed by atoms with Crippen LogP contribution in [0.2, 0.25) is 0 Å². The highest BCUT2D eigenvalue weighted by molar-refractivity contribution is 8.00. The SMILES string of the molecule is CC(C)(C)OC(=O)NC1(CNC(=O)CSC(F)(F)F)CCCCCC1. The van der Waals surface area contributed by atoms with E-state index < -0.39 is 34.4 Å². The molecule has 1 aliphatic carbocycles. The highest BCUT2D eigenvalue weighted by Gasteiger charge is 2.35. The molecule has 0 aliphatic heterocycles. The predicted molar refractivity (Wildman–Crippen MR) is 91.3 cm³/mol. The van der Waals surface area contributed by atoms with Crippen LogP contribution in [0.1, 0.15) is 59.3 Å². The van der Waals surface area contributed by atoms with E-state index in [2.05, 4.69) is 10.6 Å². The molecule has 1 fully saturated rings. The smallest absolute Gasteiger partial charge is 0.442 e. The van der Waals surface area contributed by atoms with Crippen molar-refractivity contribution in [1.82, 2.24) is 10.6 Å². The third-order valence-electron chi connectivity index (χ3n) is 3.82. The van der Waals surface area contributed by atoms with E-state index in [0.29, 0.717) is 12.8 Å². The number of amides is 2. The van der Waals surface area contributed by atoms with Crippen molar-refractivity contribution >= 4 is 23.8 Å². The molecule has 2 amide bonds. The van der Waals surface area contributed by atoms with Crippen molar-refractivity contribution in [3.63, 3.8) is 0 Å². The van der Waals surface area contributed by atoms with Crippen molar-refractivity contribution in [3.8, 4) is 0 Å². The van der Waals surface area contributed by atoms with Gasteiger partial charge in [-0.25, -0.2) is 4.79 Å². The van der Waals surface area contributed by atoms with Gasteiger partial charge < -0.3 is 15.4 Å². The molecule has 146 valence electrons. The zero-order valence-electron chi connectivity index (χ0n) is 14.9. The van der Waals surface area contributed by atoms with E-state index in [4.69, 9.17) is 4.74 Å². The quantitative estimate of drug-likeness (QED) is 0.704. The van der Waals surface area contributed by atoms with Gasteiger partial charge in [0.05, 0.1) is 11.3 Å². The average molecular weight is 384 g/mol. The summed E-state index contributed by atoms with van der Waals surface area (Å²) in [5.41, 5.74) is -5.77. The summed E-state index contributed by atoms with van der Waals surface area (Å²) >= 11 is -0.371. The number of carbonyl (C=O) groups is 2. The molecule has 5 nitrogen and oxygen atoms in total. The largest absolute Gasteiger partial charge is 0.444 e. The first-order valence-electron chi connectivity index (χ1n) is 8.39. The van der Waals surface area contributed by atoms with Crippen molar-refractivity contribution in [1.29, 1.82) is 0 Å². The summed E-state index contributed by atoms with van der Waals surface area (Å²) in [7, 11) is 0. The van der Waals surface area contributed by atoms with Gasteiger partial charge in [-0.3, -0.25) is 4.79 Å². The van der Waals surface area contributed by atoms with Gasteiger partial charge in [0.1, 0.15) is 5.60 Å². The minimum absolute atomic E-state index is 0.101. The van der Waals surface area contributed by atoms with Crippen molar-refractivity contribution < 1.29 is 27.5 Å². The van der Waals surface area contributed by atoms with E-state index in [1.807, 2.05) is 0 Å². The number of rotatable bonds is 5. The highest BCUT2D eigenvalue weighted by atomic mass is 32.2. The van der Waals surface area contributed by atoms with Gasteiger partial charge in [-0.2, -0.15) is 13.2 Å². The summed E-state index contributed by atoms with van der Waals surface area (Å²) in [5, 5.41) is 5.38. The molecule has 2 N–H and O–H groups in total. The molecular formula is C16H27F3N2O3S. The molecule has 0 unspecified atom stereocenters. The maximum absolute atomic E-state index is 12.2. The molecule has 0 spiro atoms. The van der Waals surface area contributed by atoms with E-state index >= 15 is 0 Å². The van der Waals surface area contributed by atoms with Gasteiger partial charge in [0.2, 0.25) is 5.91 Å². The molecule has 0 heterocycles. The first-order valence-corrected chi connectivity index (χ1v) is 9.38. The van der Waals surface area contributed by atoms with Crippen LogP contribution in [0.4, 0.5) is 18.0 Å². The average Bonchev–Trinajstić information content (AvgIpc) is 2.66. The fourth-order valence-corrected chi connectivity index (χ4v) is 3.13. The zero-order chi connectivity index (χ0) is 19.1. The summed E-state index contributed by atoms with van der Waals surface area (Å²) < 4.78 is 41.8. The van der Waals surface area contributed by atoms with Crippen LogP contribution in [-0.4, -0.2) is 40.9 Å². The van der Waals surface area contributed by atoms with Crippen LogP contribution in [0.5, 0.6) is 0 Å². The van der Waals surface area contributed by atoms with E-state index in [0.717, 1.165) is 25.7 Å². The fourth-order valence-electron chi connectivity index (χ4n) is 2.74. The Labute approximate surface area is 150 Å². The molecule has 0 bridgehead atoms. The standard InChI is InChI=1S/C16H27F3N2O3S/c1-14(2,3)24-13(23)21-15(8-6-4-5-7-9-15)11-20-12(22)10-25-16(17,18)19/h4-11H2,1-3H3,(H,20,22)(H,21,23). The molecule has 1 saturated carbocycles. The Morgan fingerprint density at radius 3 is 2.12 bits per heavy atom. The Balaban J connectivity index is 2.66. The van der Waals surface area contributed by atoms with Gasteiger partial charge in [0.25, 0.3) is 0 Å². The number of hydrogen-bond donors (Lipinski definition) is 2. The summed E-state index contributed by atoms with van der Waals surface area (Å²) in [6, 6.07) is 0. The van der Waals surface area contributed by atoms with Gasteiger partial charge in [-0.15, -0.1) is 0 Å². The topological polar surface area (TPSA) is 67.4 Å². The van der Waals surface area contributed by atoms with Crippen LogP contribution in [-0.2, 0) is 9.53 Å². The van der Waals surface area contributed by atoms with Gasteiger partial charge in [0, 0.05) is 6.54 Å². The lowest BCUT2D eigenvalue weighted by atomic mass is 9.90. The maximum Gasteiger partial charge on any atom is 0.442 e. The molecule has 0 radical (unpaired) electrons. The number of hydrogen-bond acceptors (Lipinski definition) is 4. The number of alkyl halides is 3. The van der Waals surface area contributed by atoms with Crippen molar-refractivity contribution in [2.75, 3.05) is 12.3 Å². The molecule has 9 heteroatoms. The summed E-state index contributed by atoms with van der Waals surface area (Å²) in [4.78, 5) is 23.8. The lowest BCUT2D eigenvalue weighted by Crippen LogP contribution is -2.56. The number of nitrogens with one attached hydrogen (secondary N) is 2. The summed E-state index contributed by atoms with van der Waals surface area (Å²) in [6.45, 7) is 5.36. The first kappa shape index (κ1) is 21.9. The lowest BCUT2D eigenvalue weighted by molar-refractivity contribution is -0.119. The summed E-state index contributed by atoms with van der Waals surface area (Å²) in [6.07, 6.45) is 4.53.